The Hall–Kier alpha value is -2.06. The van der Waals surface area contributed by atoms with Gasteiger partial charge in [-0.2, -0.15) is 4.98 Å². The van der Waals surface area contributed by atoms with Crippen LogP contribution in [0.4, 0.5) is 17.5 Å². The SMILES string of the molecule is Cc1c2c(nn1C1CC(O)C1)OCC[C@@H](C)Nc1nc(ncc1Cl)N2. The maximum absolute atomic E-state index is 9.59. The summed E-state index contributed by atoms with van der Waals surface area (Å²) < 4.78 is 7.84. The number of nitrogens with one attached hydrogen (secondary N) is 2. The Morgan fingerprint density at radius 1 is 1.40 bits per heavy atom. The number of nitrogens with zero attached hydrogens (tertiary/aromatic N) is 4. The molecule has 25 heavy (non-hydrogen) atoms. The highest BCUT2D eigenvalue weighted by Crippen LogP contribution is 2.38. The monoisotopic (exact) mass is 364 g/mol. The van der Waals surface area contributed by atoms with Crippen molar-refractivity contribution in [1.29, 1.82) is 0 Å². The Morgan fingerprint density at radius 3 is 2.96 bits per heavy atom. The third-order valence-electron chi connectivity index (χ3n) is 4.71. The standard InChI is InChI=1S/C16H21ClN6O2/c1-8-3-4-25-15-13(9(2)23(22-15)10-5-11(24)6-10)20-16-18-7-12(17)14(19-8)21-16/h7-8,10-11,24H,3-6H2,1-2H3,(H2,18,19,20,21)/t8-,10?,11?/m1/s1. The van der Waals surface area contributed by atoms with Crippen LogP contribution in [0.25, 0.3) is 0 Å². The van der Waals surface area contributed by atoms with Gasteiger partial charge in [0.2, 0.25) is 5.95 Å². The predicted octanol–water partition coefficient (Wildman–Crippen LogP) is 2.66. The summed E-state index contributed by atoms with van der Waals surface area (Å²) in [6, 6.07) is 0.342. The second kappa shape index (κ2) is 6.34. The molecule has 3 heterocycles. The van der Waals surface area contributed by atoms with Gasteiger partial charge < -0.3 is 20.5 Å². The zero-order valence-electron chi connectivity index (χ0n) is 14.2. The van der Waals surface area contributed by atoms with Crippen LogP contribution >= 0.6 is 11.6 Å². The van der Waals surface area contributed by atoms with Crippen LogP contribution in [0.1, 0.15) is 37.9 Å². The first-order valence-corrected chi connectivity index (χ1v) is 8.85. The average Bonchev–Trinajstić information content (AvgIpc) is 2.82. The maximum Gasteiger partial charge on any atom is 0.257 e. The van der Waals surface area contributed by atoms with Crippen LogP contribution in [-0.4, -0.2) is 43.6 Å². The first-order chi connectivity index (χ1) is 12.0. The molecule has 2 bridgehead atoms. The largest absolute Gasteiger partial charge is 0.475 e. The zero-order chi connectivity index (χ0) is 17.6. The molecular formula is C16H21ClN6O2. The Morgan fingerprint density at radius 2 is 2.20 bits per heavy atom. The third-order valence-corrected chi connectivity index (χ3v) is 4.98. The summed E-state index contributed by atoms with van der Waals surface area (Å²) in [6.07, 6.45) is 3.54. The predicted molar refractivity (Wildman–Crippen MR) is 94.8 cm³/mol. The molecule has 1 aliphatic carbocycles. The normalized spacial score (nSPS) is 25.5. The lowest BCUT2D eigenvalue weighted by Crippen LogP contribution is -2.32. The highest BCUT2D eigenvalue weighted by molar-refractivity contribution is 6.32. The number of aromatic nitrogens is 4. The van der Waals surface area contributed by atoms with E-state index in [2.05, 4.69) is 25.7 Å². The van der Waals surface area contributed by atoms with Crippen molar-refractivity contribution in [2.45, 2.75) is 51.3 Å². The van der Waals surface area contributed by atoms with Gasteiger partial charge in [0, 0.05) is 12.5 Å². The summed E-state index contributed by atoms with van der Waals surface area (Å²) >= 11 is 6.19. The lowest BCUT2D eigenvalue weighted by Gasteiger charge is -2.32. The smallest absolute Gasteiger partial charge is 0.257 e. The Labute approximate surface area is 150 Å². The van der Waals surface area contributed by atoms with E-state index in [-0.39, 0.29) is 18.2 Å². The molecule has 1 fully saturated rings. The van der Waals surface area contributed by atoms with E-state index >= 15 is 0 Å². The molecule has 3 N–H and O–H groups in total. The Kier molecular flexibility index (Phi) is 4.16. The fraction of sp³-hybridized carbons (Fsp3) is 0.562. The van der Waals surface area contributed by atoms with E-state index in [0.717, 1.165) is 17.8 Å². The quantitative estimate of drug-likeness (QED) is 0.715. The molecule has 9 heteroatoms. The molecule has 0 aromatic carbocycles. The van der Waals surface area contributed by atoms with Crippen molar-refractivity contribution in [3.8, 4) is 5.88 Å². The van der Waals surface area contributed by atoms with Crippen LogP contribution in [-0.2, 0) is 0 Å². The van der Waals surface area contributed by atoms with E-state index in [1.54, 1.807) is 6.20 Å². The summed E-state index contributed by atoms with van der Waals surface area (Å²) in [7, 11) is 0. The first kappa shape index (κ1) is 16.4. The molecule has 8 nitrogen and oxygen atoms in total. The van der Waals surface area contributed by atoms with Crippen molar-refractivity contribution in [1.82, 2.24) is 19.7 Å². The van der Waals surface area contributed by atoms with E-state index in [1.165, 1.54) is 0 Å². The van der Waals surface area contributed by atoms with Gasteiger partial charge in [-0.05, 0) is 26.7 Å². The van der Waals surface area contributed by atoms with Crippen LogP contribution in [0, 0.1) is 6.92 Å². The molecule has 0 unspecified atom stereocenters. The first-order valence-electron chi connectivity index (χ1n) is 8.47. The molecule has 2 aliphatic rings. The minimum Gasteiger partial charge on any atom is -0.475 e. The Balaban J connectivity index is 1.72. The number of aliphatic hydroxyl groups is 1. The summed E-state index contributed by atoms with van der Waals surface area (Å²) in [5.74, 6) is 1.57. The van der Waals surface area contributed by atoms with Crippen molar-refractivity contribution >= 4 is 29.1 Å². The fourth-order valence-corrected chi connectivity index (χ4v) is 3.28. The van der Waals surface area contributed by atoms with E-state index < -0.39 is 0 Å². The number of hydrogen-bond acceptors (Lipinski definition) is 7. The van der Waals surface area contributed by atoms with Crippen molar-refractivity contribution in [2.24, 2.45) is 0 Å². The van der Waals surface area contributed by atoms with E-state index in [9.17, 15) is 5.11 Å². The number of halogens is 1. The second-order valence-electron chi connectivity index (χ2n) is 6.69. The van der Waals surface area contributed by atoms with Gasteiger partial charge in [0.15, 0.2) is 5.82 Å². The molecule has 2 aromatic rings. The molecule has 1 saturated carbocycles. The van der Waals surface area contributed by atoms with Crippen LogP contribution in [0.2, 0.25) is 5.02 Å². The summed E-state index contributed by atoms with van der Waals surface area (Å²) in [5, 5.41) is 21.2. The number of hydrogen-bond donors (Lipinski definition) is 3. The number of anilines is 3. The summed E-state index contributed by atoms with van der Waals surface area (Å²) in [6.45, 7) is 4.55. The van der Waals surface area contributed by atoms with Crippen LogP contribution in [0.5, 0.6) is 5.88 Å². The number of fused-ring (bicyclic) bond motifs is 3. The topological polar surface area (TPSA) is 97.1 Å². The average molecular weight is 365 g/mol. The van der Waals surface area contributed by atoms with Crippen molar-refractivity contribution < 1.29 is 9.84 Å². The molecule has 0 saturated heterocycles. The highest BCUT2D eigenvalue weighted by Gasteiger charge is 2.32. The summed E-state index contributed by atoms with van der Waals surface area (Å²) in [4.78, 5) is 8.72. The second-order valence-corrected chi connectivity index (χ2v) is 7.09. The molecule has 0 spiro atoms. The minimum absolute atomic E-state index is 0.145. The zero-order valence-corrected chi connectivity index (χ0v) is 14.9. The van der Waals surface area contributed by atoms with Crippen LogP contribution in [0.15, 0.2) is 6.20 Å². The minimum atomic E-state index is -0.242. The molecule has 1 atom stereocenters. The van der Waals surface area contributed by atoms with Gasteiger partial charge in [-0.15, -0.1) is 5.10 Å². The van der Waals surface area contributed by atoms with Gasteiger partial charge in [0.1, 0.15) is 10.7 Å². The molecule has 4 rings (SSSR count). The van der Waals surface area contributed by atoms with Crippen molar-refractivity contribution in [3.05, 3.63) is 16.9 Å². The maximum atomic E-state index is 9.59. The molecule has 0 radical (unpaired) electrons. The van der Waals surface area contributed by atoms with Gasteiger partial charge in [0.05, 0.1) is 30.6 Å². The number of ether oxygens (including phenoxy) is 1. The van der Waals surface area contributed by atoms with Crippen LogP contribution in [0.3, 0.4) is 0 Å². The van der Waals surface area contributed by atoms with E-state index in [4.69, 9.17) is 16.3 Å². The fourth-order valence-electron chi connectivity index (χ4n) is 3.13. The van der Waals surface area contributed by atoms with E-state index in [0.29, 0.717) is 42.1 Å². The van der Waals surface area contributed by atoms with Gasteiger partial charge in [-0.1, -0.05) is 11.6 Å². The lowest BCUT2D eigenvalue weighted by atomic mass is 9.89. The molecular weight excluding hydrogens is 344 g/mol. The summed E-state index contributed by atoms with van der Waals surface area (Å²) in [5.41, 5.74) is 1.69. The third kappa shape index (κ3) is 3.11. The van der Waals surface area contributed by atoms with Crippen molar-refractivity contribution in [2.75, 3.05) is 17.2 Å². The van der Waals surface area contributed by atoms with E-state index in [1.807, 2.05) is 18.5 Å². The Bertz CT molecular complexity index is 789. The number of rotatable bonds is 1. The molecule has 1 aliphatic heterocycles. The van der Waals surface area contributed by atoms with Gasteiger partial charge in [0.25, 0.3) is 5.88 Å². The van der Waals surface area contributed by atoms with Gasteiger partial charge in [-0.3, -0.25) is 4.68 Å². The molecule has 0 amide bonds. The lowest BCUT2D eigenvalue weighted by molar-refractivity contribution is 0.0420. The van der Waals surface area contributed by atoms with Gasteiger partial charge >= 0.3 is 0 Å². The van der Waals surface area contributed by atoms with Crippen LogP contribution < -0.4 is 15.4 Å². The van der Waals surface area contributed by atoms with Crippen molar-refractivity contribution in [3.63, 3.8) is 0 Å². The highest BCUT2D eigenvalue weighted by atomic mass is 35.5. The molecule has 2 aromatic heterocycles. The number of aliphatic hydroxyl groups excluding tert-OH is 1. The molecule has 134 valence electrons. The van der Waals surface area contributed by atoms with Gasteiger partial charge in [-0.25, -0.2) is 4.98 Å².